The molecule has 1 atom stereocenters. The average molecular weight is 438 g/mol. The van der Waals surface area contributed by atoms with Crippen molar-refractivity contribution in [2.24, 2.45) is 5.73 Å². The van der Waals surface area contributed by atoms with E-state index >= 15 is 0 Å². The van der Waals surface area contributed by atoms with Crippen LogP contribution in [0.1, 0.15) is 12.5 Å². The van der Waals surface area contributed by atoms with Gasteiger partial charge in [0.1, 0.15) is 17.7 Å². The Morgan fingerprint density at radius 3 is 2.35 bits per heavy atom. The van der Waals surface area contributed by atoms with Gasteiger partial charge in [0.05, 0.1) is 5.57 Å². The molecule has 2 aromatic rings. The number of hydrogen-bond donors (Lipinski definition) is 2. The van der Waals surface area contributed by atoms with Gasteiger partial charge in [-0.05, 0) is 48.9 Å². The van der Waals surface area contributed by atoms with E-state index in [1.54, 1.807) is 35.2 Å². The summed E-state index contributed by atoms with van der Waals surface area (Å²) in [6.45, 7) is 2.15. The first-order valence-corrected chi connectivity index (χ1v) is 8.99. The van der Waals surface area contributed by atoms with Crippen molar-refractivity contribution in [2.45, 2.75) is 26.0 Å². The van der Waals surface area contributed by atoms with E-state index in [-0.39, 0.29) is 11.3 Å². The molecule has 1 aliphatic rings. The molecule has 10 heteroatoms. The molecule has 0 bridgehead atoms. The summed E-state index contributed by atoms with van der Waals surface area (Å²) in [6, 6.07) is 9.38. The number of carboxylic acids is 1. The van der Waals surface area contributed by atoms with Gasteiger partial charge in [0.15, 0.2) is 11.6 Å². The monoisotopic (exact) mass is 438 g/mol. The van der Waals surface area contributed by atoms with Gasteiger partial charge < -0.3 is 25.2 Å². The summed E-state index contributed by atoms with van der Waals surface area (Å²) in [5.41, 5.74) is 7.74. The molecule has 0 saturated carbocycles. The standard InChI is InChI=1S/C21H18F4N2O4/c1-12-2-8-16(20(28)29)19(26)27(12)11-13-3-5-14(6-4-13)30-15-7-9-18(17(22)10-15)31-21(23,24)25/h2-10,19H,11,26H2,1H3,(H,28,29). The third-order valence-electron chi connectivity index (χ3n) is 4.50. The molecule has 0 radical (unpaired) electrons. The third-order valence-corrected chi connectivity index (χ3v) is 4.50. The number of ether oxygens (including phenoxy) is 2. The smallest absolute Gasteiger partial charge is 0.478 e. The number of alkyl halides is 3. The molecule has 1 unspecified atom stereocenters. The van der Waals surface area contributed by atoms with Gasteiger partial charge >= 0.3 is 12.3 Å². The molecular weight excluding hydrogens is 420 g/mol. The highest BCUT2D eigenvalue weighted by Gasteiger charge is 2.32. The Balaban J connectivity index is 1.67. The Kier molecular flexibility index (Phi) is 6.21. The molecule has 0 saturated heterocycles. The van der Waals surface area contributed by atoms with Gasteiger partial charge in [-0.1, -0.05) is 12.1 Å². The van der Waals surface area contributed by atoms with Crippen molar-refractivity contribution in [1.29, 1.82) is 0 Å². The SMILES string of the molecule is CC1=CC=C(C(=O)O)C(N)N1Cc1ccc(Oc2ccc(OC(F)(F)F)c(F)c2)cc1. The van der Waals surface area contributed by atoms with E-state index in [4.69, 9.17) is 10.5 Å². The second-order valence-corrected chi connectivity index (χ2v) is 6.69. The van der Waals surface area contributed by atoms with E-state index < -0.39 is 30.1 Å². The molecule has 0 spiro atoms. The van der Waals surface area contributed by atoms with Gasteiger partial charge in [-0.25, -0.2) is 9.18 Å². The first-order valence-electron chi connectivity index (χ1n) is 8.99. The normalized spacial score (nSPS) is 16.5. The van der Waals surface area contributed by atoms with Crippen LogP contribution in [0.25, 0.3) is 0 Å². The molecule has 164 valence electrons. The summed E-state index contributed by atoms with van der Waals surface area (Å²) in [7, 11) is 0. The number of halogens is 4. The predicted octanol–water partition coefficient (Wildman–Crippen LogP) is 4.53. The molecule has 0 aromatic heterocycles. The van der Waals surface area contributed by atoms with Gasteiger partial charge in [-0.3, -0.25) is 0 Å². The van der Waals surface area contributed by atoms with Crippen molar-refractivity contribution >= 4 is 5.97 Å². The van der Waals surface area contributed by atoms with Gasteiger partial charge in [-0.2, -0.15) is 0 Å². The van der Waals surface area contributed by atoms with Crippen LogP contribution in [0, 0.1) is 5.82 Å². The Hall–Kier alpha value is -3.53. The average Bonchev–Trinajstić information content (AvgIpc) is 2.67. The van der Waals surface area contributed by atoms with Crippen molar-refractivity contribution in [1.82, 2.24) is 4.90 Å². The molecule has 2 aromatic carbocycles. The van der Waals surface area contributed by atoms with Crippen molar-refractivity contribution in [3.05, 3.63) is 77.3 Å². The maximum Gasteiger partial charge on any atom is 0.573 e. The largest absolute Gasteiger partial charge is 0.573 e. The van der Waals surface area contributed by atoms with Crippen molar-refractivity contribution < 1.29 is 36.9 Å². The van der Waals surface area contributed by atoms with Crippen LogP contribution >= 0.6 is 0 Å². The van der Waals surface area contributed by atoms with Crippen LogP contribution in [0.5, 0.6) is 17.2 Å². The Morgan fingerprint density at radius 1 is 1.13 bits per heavy atom. The predicted molar refractivity (Wildman–Crippen MR) is 103 cm³/mol. The number of rotatable bonds is 6. The molecule has 0 amide bonds. The fraction of sp³-hybridized carbons (Fsp3) is 0.190. The number of carbonyl (C=O) groups is 1. The number of hydrogen-bond acceptors (Lipinski definition) is 5. The zero-order chi connectivity index (χ0) is 22.8. The van der Waals surface area contributed by atoms with E-state index in [1.165, 1.54) is 6.08 Å². The lowest BCUT2D eigenvalue weighted by Gasteiger charge is -2.34. The maximum absolute atomic E-state index is 13.8. The number of aliphatic carboxylic acids is 1. The quantitative estimate of drug-likeness (QED) is 0.645. The highest BCUT2D eigenvalue weighted by molar-refractivity contribution is 5.88. The molecule has 3 N–H and O–H groups in total. The minimum Gasteiger partial charge on any atom is -0.478 e. The van der Waals surface area contributed by atoms with Crippen molar-refractivity contribution in [3.8, 4) is 17.2 Å². The lowest BCUT2D eigenvalue weighted by molar-refractivity contribution is -0.275. The zero-order valence-electron chi connectivity index (χ0n) is 16.2. The number of carboxylic acid groups (broad SMARTS) is 1. The maximum atomic E-state index is 13.8. The fourth-order valence-electron chi connectivity index (χ4n) is 2.96. The fourth-order valence-corrected chi connectivity index (χ4v) is 2.96. The van der Waals surface area contributed by atoms with E-state index in [0.29, 0.717) is 12.3 Å². The van der Waals surface area contributed by atoms with Gasteiger partial charge in [0.2, 0.25) is 0 Å². The van der Waals surface area contributed by atoms with E-state index in [2.05, 4.69) is 4.74 Å². The number of allylic oxidation sites excluding steroid dienone is 3. The molecule has 6 nitrogen and oxygen atoms in total. The summed E-state index contributed by atoms with van der Waals surface area (Å²) < 4.78 is 59.5. The number of nitrogens with zero attached hydrogens (tertiary/aromatic N) is 1. The lowest BCUT2D eigenvalue weighted by Crippen LogP contribution is -2.45. The van der Waals surface area contributed by atoms with Gasteiger partial charge in [0.25, 0.3) is 0 Å². The van der Waals surface area contributed by atoms with Crippen LogP contribution < -0.4 is 15.2 Å². The minimum atomic E-state index is -5.00. The van der Waals surface area contributed by atoms with Crippen LogP contribution in [-0.2, 0) is 11.3 Å². The summed E-state index contributed by atoms with van der Waals surface area (Å²) in [5.74, 6) is -2.94. The molecule has 1 heterocycles. The van der Waals surface area contributed by atoms with E-state index in [1.807, 2.05) is 6.92 Å². The molecule has 0 aliphatic carbocycles. The lowest BCUT2D eigenvalue weighted by atomic mass is 10.1. The van der Waals surface area contributed by atoms with Crippen LogP contribution in [0.3, 0.4) is 0 Å². The van der Waals surface area contributed by atoms with Crippen LogP contribution in [-0.4, -0.2) is 28.5 Å². The van der Waals surface area contributed by atoms with E-state index in [0.717, 1.165) is 29.5 Å². The summed E-state index contributed by atoms with van der Waals surface area (Å²) in [5, 5.41) is 9.24. The zero-order valence-corrected chi connectivity index (χ0v) is 16.2. The first kappa shape index (κ1) is 22.2. The highest BCUT2D eigenvalue weighted by Crippen LogP contribution is 2.30. The molecule has 1 aliphatic heterocycles. The Bertz CT molecular complexity index is 1030. The third kappa shape index (κ3) is 5.54. The number of nitrogens with two attached hydrogens (primary N) is 1. The van der Waals surface area contributed by atoms with Gasteiger partial charge in [0, 0.05) is 18.3 Å². The number of benzene rings is 2. The topological polar surface area (TPSA) is 85.0 Å². The van der Waals surface area contributed by atoms with Gasteiger partial charge in [-0.15, -0.1) is 13.2 Å². The second kappa shape index (κ2) is 8.68. The Labute approximate surface area is 174 Å². The van der Waals surface area contributed by atoms with Crippen LogP contribution in [0.15, 0.2) is 65.9 Å². The van der Waals surface area contributed by atoms with E-state index in [9.17, 15) is 27.5 Å². The summed E-state index contributed by atoms with van der Waals surface area (Å²) >= 11 is 0. The summed E-state index contributed by atoms with van der Waals surface area (Å²) in [6.07, 6.45) is -2.66. The Morgan fingerprint density at radius 2 is 1.77 bits per heavy atom. The highest BCUT2D eigenvalue weighted by atomic mass is 19.4. The molecular formula is C21H18F4N2O4. The second-order valence-electron chi connectivity index (χ2n) is 6.69. The molecule has 31 heavy (non-hydrogen) atoms. The summed E-state index contributed by atoms with van der Waals surface area (Å²) in [4.78, 5) is 13.0. The first-order chi connectivity index (χ1) is 14.5. The van der Waals surface area contributed by atoms with Crippen LogP contribution in [0.2, 0.25) is 0 Å². The minimum absolute atomic E-state index is 0.00663. The van der Waals surface area contributed by atoms with Crippen LogP contribution in [0.4, 0.5) is 17.6 Å². The molecule has 3 rings (SSSR count). The molecule has 0 fully saturated rings. The van der Waals surface area contributed by atoms with Crippen molar-refractivity contribution in [2.75, 3.05) is 0 Å². The van der Waals surface area contributed by atoms with Crippen molar-refractivity contribution in [3.63, 3.8) is 0 Å².